The highest BCUT2D eigenvalue weighted by atomic mass is 31.2. The average Bonchev–Trinajstić information content (AvgIpc) is 2.00. The van der Waals surface area contributed by atoms with E-state index in [9.17, 15) is 9.36 Å². The van der Waals surface area contributed by atoms with Crippen molar-refractivity contribution in [2.45, 2.75) is 20.8 Å². The number of rotatable bonds is 4. The lowest BCUT2D eigenvalue weighted by Crippen LogP contribution is -2.01. The molecule has 0 aliphatic carbocycles. The van der Waals surface area contributed by atoms with Gasteiger partial charge in [0.15, 0.2) is 0 Å². The molecule has 0 aliphatic heterocycles. The van der Waals surface area contributed by atoms with Gasteiger partial charge in [-0.1, -0.05) is 13.8 Å². The molecule has 0 spiro atoms. The molecular weight excluding hydrogens is 167 g/mol. The van der Waals surface area contributed by atoms with Gasteiger partial charge in [-0.25, -0.2) is 4.79 Å². The van der Waals surface area contributed by atoms with Gasteiger partial charge >= 0.3 is 5.97 Å². The molecule has 0 unspecified atom stereocenters. The van der Waals surface area contributed by atoms with Crippen LogP contribution < -0.4 is 0 Å². The lowest BCUT2D eigenvalue weighted by atomic mass is 10.9. The third kappa shape index (κ3) is 4.17. The standard InChI is InChI=1S/C6H13O4P/c1-4-11(8,5-2)10-9-6(3)7/h4-5H2,1-3H3. The first-order valence-corrected chi connectivity index (χ1v) is 5.48. The molecule has 66 valence electrons. The van der Waals surface area contributed by atoms with Crippen LogP contribution in [0.3, 0.4) is 0 Å². The van der Waals surface area contributed by atoms with E-state index in [1.54, 1.807) is 13.8 Å². The predicted octanol–water partition coefficient (Wildman–Crippen LogP) is 1.80. The second kappa shape index (κ2) is 4.52. The molecule has 0 aliphatic rings. The van der Waals surface area contributed by atoms with E-state index in [1.165, 1.54) is 6.92 Å². The van der Waals surface area contributed by atoms with Crippen LogP contribution in [0.4, 0.5) is 0 Å². The number of carbonyl (C=O) groups excluding carboxylic acids is 1. The van der Waals surface area contributed by atoms with Crippen molar-refractivity contribution < 1.29 is 18.9 Å². The number of carbonyl (C=O) groups is 1. The van der Waals surface area contributed by atoms with Gasteiger partial charge in [0.05, 0.1) is 0 Å². The zero-order chi connectivity index (χ0) is 8.91. The minimum absolute atomic E-state index is 0.386. The Bertz CT molecular complexity index is 169. The molecular formula is C6H13O4P. The van der Waals surface area contributed by atoms with E-state index in [4.69, 9.17) is 0 Å². The van der Waals surface area contributed by atoms with Crippen LogP contribution in [-0.2, 0) is 18.9 Å². The summed E-state index contributed by atoms with van der Waals surface area (Å²) in [5, 5.41) is 0. The smallest absolute Gasteiger partial charge is 0.292 e. The Balaban J connectivity index is 3.89. The molecule has 0 aromatic carbocycles. The van der Waals surface area contributed by atoms with Crippen LogP contribution in [0, 0.1) is 0 Å². The van der Waals surface area contributed by atoms with Gasteiger partial charge in [0.1, 0.15) is 0 Å². The van der Waals surface area contributed by atoms with Gasteiger partial charge < -0.3 is 0 Å². The fraction of sp³-hybridized carbons (Fsp3) is 0.833. The van der Waals surface area contributed by atoms with Crippen molar-refractivity contribution in [3.8, 4) is 0 Å². The van der Waals surface area contributed by atoms with Gasteiger partial charge in [0, 0.05) is 19.2 Å². The highest BCUT2D eigenvalue weighted by Gasteiger charge is 2.20. The largest absolute Gasteiger partial charge is 0.339 e. The molecule has 5 heteroatoms. The summed E-state index contributed by atoms with van der Waals surface area (Å²) in [5.41, 5.74) is 0. The number of hydrogen-bond acceptors (Lipinski definition) is 4. The molecule has 0 radical (unpaired) electrons. The Morgan fingerprint density at radius 1 is 1.36 bits per heavy atom. The molecule has 0 heterocycles. The normalized spacial score (nSPS) is 11.2. The molecule has 0 fully saturated rings. The van der Waals surface area contributed by atoms with Gasteiger partial charge in [0.2, 0.25) is 7.37 Å². The molecule has 0 amide bonds. The first-order valence-electron chi connectivity index (χ1n) is 3.49. The van der Waals surface area contributed by atoms with E-state index in [2.05, 4.69) is 9.56 Å². The molecule has 0 rings (SSSR count). The Morgan fingerprint density at radius 2 is 1.82 bits per heavy atom. The highest BCUT2D eigenvalue weighted by molar-refractivity contribution is 7.58. The van der Waals surface area contributed by atoms with Crippen molar-refractivity contribution in [3.05, 3.63) is 0 Å². The van der Waals surface area contributed by atoms with Crippen molar-refractivity contribution in [1.29, 1.82) is 0 Å². The maximum Gasteiger partial charge on any atom is 0.339 e. The van der Waals surface area contributed by atoms with Crippen LogP contribution in [0.5, 0.6) is 0 Å². The maximum atomic E-state index is 11.4. The fourth-order valence-electron chi connectivity index (χ4n) is 0.449. The number of hydrogen-bond donors (Lipinski definition) is 0. The van der Waals surface area contributed by atoms with Crippen molar-refractivity contribution in [3.63, 3.8) is 0 Å². The molecule has 0 saturated carbocycles. The highest BCUT2D eigenvalue weighted by Crippen LogP contribution is 2.45. The summed E-state index contributed by atoms with van der Waals surface area (Å²) in [6, 6.07) is 0. The minimum atomic E-state index is -2.68. The van der Waals surface area contributed by atoms with Gasteiger partial charge in [-0.2, -0.15) is 0 Å². The molecule has 11 heavy (non-hydrogen) atoms. The second-order valence-corrected chi connectivity index (χ2v) is 5.14. The summed E-state index contributed by atoms with van der Waals surface area (Å²) < 4.78 is 15.9. The summed E-state index contributed by atoms with van der Waals surface area (Å²) in [6.45, 7) is 4.66. The van der Waals surface area contributed by atoms with Gasteiger partial charge in [-0.15, -0.1) is 4.67 Å². The van der Waals surface area contributed by atoms with E-state index >= 15 is 0 Å². The van der Waals surface area contributed by atoms with E-state index in [0.717, 1.165) is 0 Å². The zero-order valence-electron chi connectivity index (χ0n) is 6.99. The van der Waals surface area contributed by atoms with Crippen molar-refractivity contribution >= 4 is 13.3 Å². The van der Waals surface area contributed by atoms with Gasteiger partial charge in [-0.05, 0) is 0 Å². The van der Waals surface area contributed by atoms with Crippen LogP contribution >= 0.6 is 7.37 Å². The molecule has 0 aromatic rings. The quantitative estimate of drug-likeness (QED) is 0.376. The summed E-state index contributed by atoms with van der Waals surface area (Å²) in [5.74, 6) is -0.577. The summed E-state index contributed by atoms with van der Waals surface area (Å²) in [6.07, 6.45) is 0.771. The van der Waals surface area contributed by atoms with Crippen LogP contribution in [0.1, 0.15) is 20.8 Å². The van der Waals surface area contributed by atoms with Crippen LogP contribution in [0.25, 0.3) is 0 Å². The summed E-state index contributed by atoms with van der Waals surface area (Å²) in [7, 11) is -2.68. The van der Waals surface area contributed by atoms with Gasteiger partial charge in [-0.3, -0.25) is 9.45 Å². The molecule has 4 nitrogen and oxygen atoms in total. The molecule has 0 aromatic heterocycles. The lowest BCUT2D eigenvalue weighted by molar-refractivity contribution is -0.210. The van der Waals surface area contributed by atoms with Crippen LogP contribution in [0.15, 0.2) is 0 Å². The molecule has 0 atom stereocenters. The van der Waals surface area contributed by atoms with Gasteiger partial charge in [0.25, 0.3) is 0 Å². The van der Waals surface area contributed by atoms with E-state index in [0.29, 0.717) is 12.3 Å². The zero-order valence-corrected chi connectivity index (χ0v) is 7.89. The minimum Gasteiger partial charge on any atom is -0.292 e. The molecule has 0 N–H and O–H groups in total. The molecule has 0 bridgehead atoms. The third-order valence-corrected chi connectivity index (χ3v) is 3.53. The average molecular weight is 180 g/mol. The summed E-state index contributed by atoms with van der Waals surface area (Å²) in [4.78, 5) is 14.4. The predicted molar refractivity (Wildman–Crippen MR) is 41.5 cm³/mol. The first kappa shape index (κ1) is 10.7. The first-order chi connectivity index (χ1) is 5.04. The van der Waals surface area contributed by atoms with E-state index in [1.807, 2.05) is 0 Å². The van der Waals surface area contributed by atoms with Crippen molar-refractivity contribution in [2.24, 2.45) is 0 Å². The third-order valence-electron chi connectivity index (χ3n) is 1.25. The fourth-order valence-corrected chi connectivity index (χ4v) is 1.35. The maximum absolute atomic E-state index is 11.4. The Labute approximate surface area is 66.3 Å². The summed E-state index contributed by atoms with van der Waals surface area (Å²) >= 11 is 0. The Hall–Kier alpha value is -0.340. The Kier molecular flexibility index (Phi) is 4.38. The van der Waals surface area contributed by atoms with Crippen LogP contribution in [-0.4, -0.2) is 18.3 Å². The van der Waals surface area contributed by atoms with Crippen molar-refractivity contribution in [2.75, 3.05) is 12.3 Å². The Morgan fingerprint density at radius 3 is 2.09 bits per heavy atom. The SMILES string of the molecule is CCP(=O)(CC)OOC(C)=O. The monoisotopic (exact) mass is 180 g/mol. The molecule has 0 saturated heterocycles. The van der Waals surface area contributed by atoms with E-state index in [-0.39, 0.29) is 0 Å². The van der Waals surface area contributed by atoms with E-state index < -0.39 is 13.3 Å². The topological polar surface area (TPSA) is 52.6 Å². The van der Waals surface area contributed by atoms with Crippen molar-refractivity contribution in [1.82, 2.24) is 0 Å². The lowest BCUT2D eigenvalue weighted by Gasteiger charge is -2.10. The van der Waals surface area contributed by atoms with Crippen LogP contribution in [0.2, 0.25) is 0 Å². The second-order valence-electron chi connectivity index (χ2n) is 2.10.